The Morgan fingerprint density at radius 1 is 1.22 bits per heavy atom. The van der Waals surface area contributed by atoms with E-state index in [1.807, 2.05) is 18.2 Å². The SMILES string of the molecule is CCCCOCCNC(CO)Cc1ccccc1. The minimum atomic E-state index is 0.113. The van der Waals surface area contributed by atoms with Crippen molar-refractivity contribution < 1.29 is 9.84 Å². The number of nitrogens with one attached hydrogen (secondary N) is 1. The molecule has 0 aliphatic carbocycles. The van der Waals surface area contributed by atoms with Gasteiger partial charge in [-0.05, 0) is 18.4 Å². The molecule has 0 saturated heterocycles. The third-order valence-electron chi connectivity index (χ3n) is 2.87. The maximum Gasteiger partial charge on any atom is 0.0591 e. The average Bonchev–Trinajstić information content (AvgIpc) is 2.42. The molecule has 3 nitrogen and oxygen atoms in total. The van der Waals surface area contributed by atoms with E-state index in [1.165, 1.54) is 12.0 Å². The molecule has 0 aliphatic rings. The Morgan fingerprint density at radius 3 is 2.67 bits per heavy atom. The van der Waals surface area contributed by atoms with Crippen LogP contribution in [0, 0.1) is 0 Å². The van der Waals surface area contributed by atoms with E-state index in [0.29, 0.717) is 6.61 Å². The van der Waals surface area contributed by atoms with Gasteiger partial charge in [-0.25, -0.2) is 0 Å². The Hall–Kier alpha value is -0.900. The van der Waals surface area contributed by atoms with Crippen LogP contribution >= 0.6 is 0 Å². The predicted molar refractivity (Wildman–Crippen MR) is 74.7 cm³/mol. The third kappa shape index (κ3) is 6.74. The molecular formula is C15H25NO2. The number of hydrogen-bond acceptors (Lipinski definition) is 3. The van der Waals surface area contributed by atoms with E-state index >= 15 is 0 Å². The van der Waals surface area contributed by atoms with Crippen molar-refractivity contribution in [2.45, 2.75) is 32.2 Å². The van der Waals surface area contributed by atoms with E-state index in [0.717, 1.165) is 26.0 Å². The largest absolute Gasteiger partial charge is 0.395 e. The molecule has 1 atom stereocenters. The predicted octanol–water partition coefficient (Wildman–Crippen LogP) is 2.00. The van der Waals surface area contributed by atoms with Crippen molar-refractivity contribution in [3.8, 4) is 0 Å². The first kappa shape index (κ1) is 15.2. The van der Waals surface area contributed by atoms with Gasteiger partial charge in [-0.1, -0.05) is 43.7 Å². The molecule has 3 heteroatoms. The quantitative estimate of drug-likeness (QED) is 0.625. The summed E-state index contributed by atoms with van der Waals surface area (Å²) in [5.41, 5.74) is 1.25. The second-order valence-electron chi connectivity index (χ2n) is 4.49. The Labute approximate surface area is 110 Å². The lowest BCUT2D eigenvalue weighted by Crippen LogP contribution is -2.36. The molecule has 1 unspecified atom stereocenters. The van der Waals surface area contributed by atoms with Crippen molar-refractivity contribution >= 4 is 0 Å². The number of ether oxygens (including phenoxy) is 1. The molecule has 102 valence electrons. The lowest BCUT2D eigenvalue weighted by atomic mass is 10.1. The van der Waals surface area contributed by atoms with Crippen LogP contribution in [0.5, 0.6) is 0 Å². The minimum Gasteiger partial charge on any atom is -0.395 e. The summed E-state index contributed by atoms with van der Waals surface area (Å²) in [4.78, 5) is 0. The van der Waals surface area contributed by atoms with E-state index < -0.39 is 0 Å². The summed E-state index contributed by atoms with van der Waals surface area (Å²) in [5.74, 6) is 0. The second kappa shape index (κ2) is 10.1. The number of unbranched alkanes of at least 4 members (excludes halogenated alkanes) is 1. The van der Waals surface area contributed by atoms with Crippen molar-refractivity contribution in [2.75, 3.05) is 26.4 Å². The van der Waals surface area contributed by atoms with Crippen LogP contribution in [-0.4, -0.2) is 37.5 Å². The standard InChI is InChI=1S/C15H25NO2/c1-2-3-10-18-11-9-16-15(13-17)12-14-7-5-4-6-8-14/h4-8,15-17H,2-3,9-13H2,1H3. The molecule has 0 heterocycles. The summed E-state index contributed by atoms with van der Waals surface area (Å²) < 4.78 is 5.48. The number of aliphatic hydroxyl groups is 1. The van der Waals surface area contributed by atoms with E-state index in [-0.39, 0.29) is 12.6 Å². The Bertz CT molecular complexity index is 290. The average molecular weight is 251 g/mol. The summed E-state index contributed by atoms with van der Waals surface area (Å²) in [6.07, 6.45) is 3.14. The van der Waals surface area contributed by atoms with Crippen LogP contribution in [0.2, 0.25) is 0 Å². The van der Waals surface area contributed by atoms with Crippen molar-refractivity contribution in [2.24, 2.45) is 0 Å². The summed E-state index contributed by atoms with van der Waals surface area (Å²) >= 11 is 0. The van der Waals surface area contributed by atoms with Gasteiger partial charge in [0.05, 0.1) is 13.2 Å². The molecule has 1 aromatic carbocycles. The zero-order valence-corrected chi connectivity index (χ0v) is 11.3. The first-order chi connectivity index (χ1) is 8.86. The monoisotopic (exact) mass is 251 g/mol. The smallest absolute Gasteiger partial charge is 0.0591 e. The molecule has 0 radical (unpaired) electrons. The van der Waals surface area contributed by atoms with Gasteiger partial charge >= 0.3 is 0 Å². The van der Waals surface area contributed by atoms with Crippen LogP contribution in [-0.2, 0) is 11.2 Å². The van der Waals surface area contributed by atoms with Crippen molar-refractivity contribution in [3.63, 3.8) is 0 Å². The number of hydrogen-bond donors (Lipinski definition) is 2. The molecule has 0 fully saturated rings. The summed E-state index contributed by atoms with van der Waals surface area (Å²) in [6, 6.07) is 10.3. The summed E-state index contributed by atoms with van der Waals surface area (Å²) in [5, 5.41) is 12.6. The second-order valence-corrected chi connectivity index (χ2v) is 4.49. The number of rotatable bonds is 10. The van der Waals surface area contributed by atoms with E-state index in [1.54, 1.807) is 0 Å². The van der Waals surface area contributed by atoms with Gasteiger partial charge < -0.3 is 15.2 Å². The number of benzene rings is 1. The first-order valence-corrected chi connectivity index (χ1v) is 6.82. The maximum absolute atomic E-state index is 9.32. The van der Waals surface area contributed by atoms with Gasteiger partial charge in [0.25, 0.3) is 0 Å². The highest BCUT2D eigenvalue weighted by Crippen LogP contribution is 2.02. The van der Waals surface area contributed by atoms with Gasteiger partial charge in [0.1, 0.15) is 0 Å². The van der Waals surface area contributed by atoms with Crippen molar-refractivity contribution in [1.29, 1.82) is 0 Å². The maximum atomic E-state index is 9.32. The summed E-state index contributed by atoms with van der Waals surface area (Å²) in [6.45, 7) is 4.65. The van der Waals surface area contributed by atoms with E-state index in [9.17, 15) is 5.11 Å². The van der Waals surface area contributed by atoms with Crippen LogP contribution in [0.3, 0.4) is 0 Å². The fourth-order valence-electron chi connectivity index (χ4n) is 1.78. The molecular weight excluding hydrogens is 226 g/mol. The fraction of sp³-hybridized carbons (Fsp3) is 0.600. The molecule has 0 aliphatic heterocycles. The molecule has 1 rings (SSSR count). The van der Waals surface area contributed by atoms with Gasteiger partial charge in [-0.2, -0.15) is 0 Å². The van der Waals surface area contributed by atoms with Crippen LogP contribution in [0.25, 0.3) is 0 Å². The van der Waals surface area contributed by atoms with Gasteiger partial charge in [0, 0.05) is 19.2 Å². The van der Waals surface area contributed by atoms with Crippen molar-refractivity contribution in [3.05, 3.63) is 35.9 Å². The van der Waals surface area contributed by atoms with Crippen LogP contribution in [0.15, 0.2) is 30.3 Å². The van der Waals surface area contributed by atoms with E-state index in [4.69, 9.17) is 4.74 Å². The third-order valence-corrected chi connectivity index (χ3v) is 2.87. The van der Waals surface area contributed by atoms with Gasteiger partial charge in [-0.3, -0.25) is 0 Å². The van der Waals surface area contributed by atoms with Crippen LogP contribution in [0.1, 0.15) is 25.3 Å². The highest BCUT2D eigenvalue weighted by molar-refractivity contribution is 5.15. The first-order valence-electron chi connectivity index (χ1n) is 6.82. The molecule has 0 amide bonds. The minimum absolute atomic E-state index is 0.113. The van der Waals surface area contributed by atoms with Crippen LogP contribution < -0.4 is 5.32 Å². The summed E-state index contributed by atoms with van der Waals surface area (Å²) in [7, 11) is 0. The van der Waals surface area contributed by atoms with E-state index in [2.05, 4.69) is 24.4 Å². The van der Waals surface area contributed by atoms with Crippen molar-refractivity contribution in [1.82, 2.24) is 5.32 Å². The van der Waals surface area contributed by atoms with Gasteiger partial charge in [-0.15, -0.1) is 0 Å². The Balaban J connectivity index is 2.14. The zero-order chi connectivity index (χ0) is 13.1. The van der Waals surface area contributed by atoms with Gasteiger partial charge in [0.15, 0.2) is 0 Å². The molecule has 18 heavy (non-hydrogen) atoms. The lowest BCUT2D eigenvalue weighted by molar-refractivity contribution is 0.127. The highest BCUT2D eigenvalue weighted by Gasteiger charge is 2.06. The molecule has 0 saturated carbocycles. The molecule has 1 aromatic rings. The van der Waals surface area contributed by atoms with Gasteiger partial charge in [0.2, 0.25) is 0 Å². The molecule has 2 N–H and O–H groups in total. The Morgan fingerprint density at radius 2 is 2.00 bits per heavy atom. The van der Waals surface area contributed by atoms with Crippen LogP contribution in [0.4, 0.5) is 0 Å². The topological polar surface area (TPSA) is 41.5 Å². The number of aliphatic hydroxyl groups excluding tert-OH is 1. The zero-order valence-electron chi connectivity index (χ0n) is 11.3. The fourth-order valence-corrected chi connectivity index (χ4v) is 1.78. The normalized spacial score (nSPS) is 12.6. The Kier molecular flexibility index (Phi) is 8.47. The molecule has 0 aromatic heterocycles. The molecule has 0 spiro atoms. The molecule has 0 bridgehead atoms. The highest BCUT2D eigenvalue weighted by atomic mass is 16.5. The lowest BCUT2D eigenvalue weighted by Gasteiger charge is -2.16.